The minimum absolute atomic E-state index is 0.339. The third-order valence-corrected chi connectivity index (χ3v) is 7.25. The highest BCUT2D eigenvalue weighted by atomic mass is 32.2. The zero-order valence-electron chi connectivity index (χ0n) is 13.7. The van der Waals surface area contributed by atoms with Crippen LogP contribution in [0.1, 0.15) is 43.2 Å². The van der Waals surface area contributed by atoms with E-state index in [4.69, 9.17) is 0 Å². The predicted molar refractivity (Wildman–Crippen MR) is 90.7 cm³/mol. The molecular formula is C18H24N2O2S. The Kier molecular flexibility index (Phi) is 3.52. The molecule has 4 aliphatic rings. The summed E-state index contributed by atoms with van der Waals surface area (Å²) < 4.78 is 25.2. The molecule has 4 aliphatic carbocycles. The summed E-state index contributed by atoms with van der Waals surface area (Å²) in [6.45, 7) is 3.73. The summed E-state index contributed by atoms with van der Waals surface area (Å²) in [5, 5.41) is 4.42. The second-order valence-corrected chi connectivity index (χ2v) is 9.33. The first-order valence-corrected chi connectivity index (χ1v) is 10.1. The second kappa shape index (κ2) is 5.33. The van der Waals surface area contributed by atoms with Crippen LogP contribution < -0.4 is 4.83 Å². The molecule has 1 aromatic carbocycles. The lowest BCUT2D eigenvalue weighted by Crippen LogP contribution is -2.46. The molecule has 0 atom stereocenters. The zero-order chi connectivity index (χ0) is 16.2. The van der Waals surface area contributed by atoms with Crippen molar-refractivity contribution in [2.24, 2.45) is 28.8 Å². The topological polar surface area (TPSA) is 58.5 Å². The maximum Gasteiger partial charge on any atom is 0.276 e. The molecule has 0 amide bonds. The van der Waals surface area contributed by atoms with Gasteiger partial charge in [0.1, 0.15) is 0 Å². The van der Waals surface area contributed by atoms with Gasteiger partial charge < -0.3 is 0 Å². The van der Waals surface area contributed by atoms with Crippen LogP contribution in [0.5, 0.6) is 0 Å². The van der Waals surface area contributed by atoms with Gasteiger partial charge in [-0.05, 0) is 86.8 Å². The molecule has 0 saturated heterocycles. The fourth-order valence-electron chi connectivity index (χ4n) is 5.01. The van der Waals surface area contributed by atoms with E-state index in [1.807, 2.05) is 26.0 Å². The van der Waals surface area contributed by atoms with E-state index >= 15 is 0 Å². The average molecular weight is 332 g/mol. The quantitative estimate of drug-likeness (QED) is 0.863. The smallest absolute Gasteiger partial charge is 0.200 e. The minimum Gasteiger partial charge on any atom is -0.200 e. The molecule has 5 rings (SSSR count). The molecule has 124 valence electrons. The summed E-state index contributed by atoms with van der Waals surface area (Å²) in [7, 11) is -3.58. The molecule has 0 radical (unpaired) electrons. The lowest BCUT2D eigenvalue weighted by atomic mass is 9.55. The zero-order valence-corrected chi connectivity index (χ0v) is 14.6. The molecule has 23 heavy (non-hydrogen) atoms. The summed E-state index contributed by atoms with van der Waals surface area (Å²) in [6.07, 6.45) is 6.20. The van der Waals surface area contributed by atoms with Crippen LogP contribution in [-0.4, -0.2) is 14.1 Å². The Labute approximate surface area is 138 Å². The van der Waals surface area contributed by atoms with Gasteiger partial charge in [-0.25, -0.2) is 4.83 Å². The fraction of sp³-hybridized carbons (Fsp3) is 0.611. The lowest BCUT2D eigenvalue weighted by molar-refractivity contribution is 0.108. The first-order chi connectivity index (χ1) is 10.9. The number of nitrogens with one attached hydrogen (secondary N) is 1. The number of hydrogen-bond donors (Lipinski definition) is 1. The van der Waals surface area contributed by atoms with Gasteiger partial charge >= 0.3 is 0 Å². The van der Waals surface area contributed by atoms with Crippen molar-refractivity contribution in [1.29, 1.82) is 0 Å². The fourth-order valence-corrected chi connectivity index (χ4v) is 6.17. The van der Waals surface area contributed by atoms with E-state index in [-0.39, 0.29) is 0 Å². The van der Waals surface area contributed by atoms with Crippen LogP contribution in [0.2, 0.25) is 0 Å². The standard InChI is InChI=1S/C18H24N2O2S/c1-11-3-4-12(2)17(5-11)23(21,22)20-19-18-15-7-13-6-14(9-15)10-16(18)8-13/h3-5,13-16,20H,6-10H2,1-2H3. The van der Waals surface area contributed by atoms with Gasteiger partial charge in [0.25, 0.3) is 10.0 Å². The van der Waals surface area contributed by atoms with E-state index in [1.165, 1.54) is 32.1 Å². The van der Waals surface area contributed by atoms with Crippen LogP contribution in [0.25, 0.3) is 0 Å². The number of sulfonamides is 1. The monoisotopic (exact) mass is 332 g/mol. The summed E-state index contributed by atoms with van der Waals surface area (Å²) in [4.78, 5) is 2.87. The largest absolute Gasteiger partial charge is 0.276 e. The van der Waals surface area contributed by atoms with Gasteiger partial charge in [0.15, 0.2) is 0 Å². The van der Waals surface area contributed by atoms with Gasteiger partial charge in [-0.1, -0.05) is 12.1 Å². The van der Waals surface area contributed by atoms with Crippen molar-refractivity contribution in [1.82, 2.24) is 4.83 Å². The lowest BCUT2D eigenvalue weighted by Gasteiger charge is -2.50. The Bertz CT molecular complexity index is 737. The molecular weight excluding hydrogens is 308 g/mol. The van der Waals surface area contributed by atoms with Crippen molar-refractivity contribution in [3.05, 3.63) is 29.3 Å². The van der Waals surface area contributed by atoms with Gasteiger partial charge in [-0.2, -0.15) is 13.5 Å². The molecule has 5 heteroatoms. The first-order valence-electron chi connectivity index (χ1n) is 8.59. The van der Waals surface area contributed by atoms with Gasteiger partial charge in [0, 0.05) is 5.71 Å². The predicted octanol–water partition coefficient (Wildman–Crippen LogP) is 3.39. The number of hydrazone groups is 1. The van der Waals surface area contributed by atoms with Crippen molar-refractivity contribution in [3.63, 3.8) is 0 Å². The molecule has 4 saturated carbocycles. The maximum atomic E-state index is 12.6. The van der Waals surface area contributed by atoms with Crippen LogP contribution in [-0.2, 0) is 10.0 Å². The van der Waals surface area contributed by atoms with E-state index in [0.717, 1.165) is 28.7 Å². The van der Waals surface area contributed by atoms with Gasteiger partial charge in [-0.3, -0.25) is 0 Å². The number of hydrogen-bond acceptors (Lipinski definition) is 3. The number of aryl methyl sites for hydroxylation is 2. The van der Waals surface area contributed by atoms with Crippen molar-refractivity contribution < 1.29 is 8.42 Å². The Hall–Kier alpha value is -1.36. The molecule has 4 bridgehead atoms. The Morgan fingerprint density at radius 1 is 1.00 bits per heavy atom. The summed E-state index contributed by atoms with van der Waals surface area (Å²) in [6, 6.07) is 5.49. The number of nitrogens with zero attached hydrogens (tertiary/aromatic N) is 1. The highest BCUT2D eigenvalue weighted by Crippen LogP contribution is 2.52. The minimum atomic E-state index is -3.58. The first kappa shape index (κ1) is 15.2. The molecule has 0 unspecified atom stereocenters. The Morgan fingerprint density at radius 3 is 2.22 bits per heavy atom. The van der Waals surface area contributed by atoms with Crippen molar-refractivity contribution in [2.75, 3.05) is 0 Å². The highest BCUT2D eigenvalue weighted by molar-refractivity contribution is 7.89. The molecule has 1 aromatic rings. The molecule has 4 fully saturated rings. The average Bonchev–Trinajstić information content (AvgIpc) is 2.48. The number of benzene rings is 1. The Morgan fingerprint density at radius 2 is 1.61 bits per heavy atom. The van der Waals surface area contributed by atoms with Crippen LogP contribution in [0.4, 0.5) is 0 Å². The summed E-state index contributed by atoms with van der Waals surface area (Å²) in [5.41, 5.74) is 2.82. The molecule has 0 spiro atoms. The Balaban J connectivity index is 1.59. The number of rotatable bonds is 3. The van der Waals surface area contributed by atoms with E-state index in [0.29, 0.717) is 16.7 Å². The maximum absolute atomic E-state index is 12.6. The van der Waals surface area contributed by atoms with Crippen LogP contribution in [0, 0.1) is 37.5 Å². The van der Waals surface area contributed by atoms with E-state index in [9.17, 15) is 8.42 Å². The second-order valence-electron chi connectivity index (χ2n) is 7.70. The van der Waals surface area contributed by atoms with Crippen LogP contribution in [0.15, 0.2) is 28.2 Å². The van der Waals surface area contributed by atoms with Crippen LogP contribution in [0.3, 0.4) is 0 Å². The van der Waals surface area contributed by atoms with Crippen LogP contribution >= 0.6 is 0 Å². The molecule has 0 aliphatic heterocycles. The summed E-state index contributed by atoms with van der Waals surface area (Å²) >= 11 is 0. The van der Waals surface area contributed by atoms with E-state index < -0.39 is 10.0 Å². The van der Waals surface area contributed by atoms with Crippen molar-refractivity contribution in [3.8, 4) is 0 Å². The van der Waals surface area contributed by atoms with Gasteiger partial charge in [0.2, 0.25) is 0 Å². The van der Waals surface area contributed by atoms with Crippen molar-refractivity contribution >= 4 is 15.7 Å². The van der Waals surface area contributed by atoms with E-state index in [1.54, 1.807) is 6.07 Å². The highest BCUT2D eigenvalue weighted by Gasteiger charge is 2.46. The van der Waals surface area contributed by atoms with Gasteiger partial charge in [-0.15, -0.1) is 0 Å². The summed E-state index contributed by atoms with van der Waals surface area (Å²) in [5.74, 6) is 2.72. The normalized spacial score (nSPS) is 32.2. The molecule has 4 nitrogen and oxygen atoms in total. The SMILES string of the molecule is Cc1ccc(C)c(S(=O)(=O)NN=C2C3CC4CC(C3)CC2C4)c1. The molecule has 0 heterocycles. The molecule has 0 aromatic heterocycles. The third-order valence-electron chi connectivity index (χ3n) is 5.90. The molecule has 1 N–H and O–H groups in total. The van der Waals surface area contributed by atoms with Crippen molar-refractivity contribution in [2.45, 2.75) is 50.8 Å². The van der Waals surface area contributed by atoms with E-state index in [2.05, 4.69) is 9.93 Å². The third kappa shape index (κ3) is 2.69. The van der Waals surface area contributed by atoms with Gasteiger partial charge in [0.05, 0.1) is 4.90 Å².